The van der Waals surface area contributed by atoms with Crippen LogP contribution in [0.5, 0.6) is 0 Å². The van der Waals surface area contributed by atoms with Crippen molar-refractivity contribution in [2.75, 3.05) is 31.5 Å². The second-order valence-electron chi connectivity index (χ2n) is 7.49. The summed E-state index contributed by atoms with van der Waals surface area (Å²) in [6.07, 6.45) is 1.61. The lowest BCUT2D eigenvalue weighted by Crippen LogP contribution is -2.54. The Kier molecular flexibility index (Phi) is 5.13. The fourth-order valence-corrected chi connectivity index (χ4v) is 3.99. The monoisotopic (exact) mass is 381 g/mol. The highest BCUT2D eigenvalue weighted by molar-refractivity contribution is 5.96. The van der Waals surface area contributed by atoms with Crippen molar-refractivity contribution in [1.29, 1.82) is 0 Å². The lowest BCUT2D eigenvalue weighted by atomic mass is 10.0. The number of carbonyl (C=O) groups excluding carboxylic acids is 2. The molecule has 2 aromatic rings. The Morgan fingerprint density at radius 3 is 2.61 bits per heavy atom. The van der Waals surface area contributed by atoms with Crippen LogP contribution in [0, 0.1) is 12.7 Å². The molecule has 146 valence electrons. The number of amides is 2. The van der Waals surface area contributed by atoms with E-state index in [2.05, 4.69) is 16.3 Å². The molecule has 0 bridgehead atoms. The first-order valence-electron chi connectivity index (χ1n) is 9.71. The normalized spacial score (nSPS) is 20.3. The van der Waals surface area contributed by atoms with Gasteiger partial charge in [0.2, 0.25) is 5.91 Å². The minimum absolute atomic E-state index is 0.0188. The van der Waals surface area contributed by atoms with Gasteiger partial charge in [-0.05, 0) is 49.1 Å². The summed E-state index contributed by atoms with van der Waals surface area (Å²) in [4.78, 5) is 29.3. The van der Waals surface area contributed by atoms with Crippen LogP contribution >= 0.6 is 0 Å². The third-order valence-corrected chi connectivity index (χ3v) is 5.73. The van der Waals surface area contributed by atoms with E-state index >= 15 is 0 Å². The van der Waals surface area contributed by atoms with Gasteiger partial charge in [0, 0.05) is 37.4 Å². The molecule has 0 radical (unpaired) electrons. The van der Waals surface area contributed by atoms with E-state index in [-0.39, 0.29) is 23.7 Å². The number of piperazine rings is 1. The lowest BCUT2D eigenvalue weighted by molar-refractivity contribution is -0.122. The first kappa shape index (κ1) is 18.6. The summed E-state index contributed by atoms with van der Waals surface area (Å²) in [6, 6.07) is 12.3. The van der Waals surface area contributed by atoms with Gasteiger partial charge in [0.1, 0.15) is 5.82 Å². The van der Waals surface area contributed by atoms with Crippen LogP contribution in [0.2, 0.25) is 0 Å². The zero-order chi connectivity index (χ0) is 19.7. The van der Waals surface area contributed by atoms with E-state index in [9.17, 15) is 14.0 Å². The number of halogens is 1. The van der Waals surface area contributed by atoms with Crippen LogP contribution in [0.15, 0.2) is 42.5 Å². The van der Waals surface area contributed by atoms with Gasteiger partial charge in [-0.2, -0.15) is 0 Å². The first-order chi connectivity index (χ1) is 13.5. The lowest BCUT2D eigenvalue weighted by Gasteiger charge is -2.38. The van der Waals surface area contributed by atoms with Crippen molar-refractivity contribution < 1.29 is 14.0 Å². The average molecular weight is 381 g/mol. The highest BCUT2D eigenvalue weighted by atomic mass is 19.1. The van der Waals surface area contributed by atoms with Crippen molar-refractivity contribution in [2.24, 2.45) is 0 Å². The maximum atomic E-state index is 13.8. The molecule has 6 heteroatoms. The number of aryl methyl sites for hydroxylation is 2. The fraction of sp³-hybridized carbons (Fsp3) is 0.364. The SMILES string of the molecule is Cc1ccc(C(=O)N2CCN(C3CCc4ccccc4NC3=O)CC2)cc1F. The van der Waals surface area contributed by atoms with Crippen molar-refractivity contribution in [3.63, 3.8) is 0 Å². The summed E-state index contributed by atoms with van der Waals surface area (Å²) in [5, 5.41) is 3.04. The molecule has 5 nitrogen and oxygen atoms in total. The maximum Gasteiger partial charge on any atom is 0.254 e. The summed E-state index contributed by atoms with van der Waals surface area (Å²) in [7, 11) is 0. The minimum atomic E-state index is -0.362. The Morgan fingerprint density at radius 1 is 1.11 bits per heavy atom. The van der Waals surface area contributed by atoms with Crippen LogP contribution in [0.1, 0.15) is 27.9 Å². The van der Waals surface area contributed by atoms with Crippen molar-refractivity contribution in [1.82, 2.24) is 9.80 Å². The van der Waals surface area contributed by atoms with E-state index in [0.29, 0.717) is 37.3 Å². The molecule has 0 saturated carbocycles. The van der Waals surface area contributed by atoms with E-state index in [0.717, 1.165) is 24.1 Å². The van der Waals surface area contributed by atoms with Crippen LogP contribution < -0.4 is 5.32 Å². The van der Waals surface area contributed by atoms with Gasteiger partial charge in [-0.3, -0.25) is 14.5 Å². The van der Waals surface area contributed by atoms with Crippen molar-refractivity contribution in [3.8, 4) is 0 Å². The number of para-hydroxylation sites is 1. The largest absolute Gasteiger partial charge is 0.336 e. The quantitative estimate of drug-likeness (QED) is 0.870. The molecule has 2 amide bonds. The number of nitrogens with one attached hydrogen (secondary N) is 1. The molecule has 2 aliphatic rings. The topological polar surface area (TPSA) is 52.7 Å². The Labute approximate surface area is 164 Å². The van der Waals surface area contributed by atoms with Crippen LogP contribution in [-0.4, -0.2) is 53.8 Å². The van der Waals surface area contributed by atoms with Gasteiger partial charge in [-0.25, -0.2) is 4.39 Å². The van der Waals surface area contributed by atoms with Gasteiger partial charge in [0.15, 0.2) is 0 Å². The number of benzene rings is 2. The number of rotatable bonds is 2. The molecular formula is C22H24FN3O2. The van der Waals surface area contributed by atoms with E-state index in [1.165, 1.54) is 6.07 Å². The summed E-state index contributed by atoms with van der Waals surface area (Å²) in [6.45, 7) is 4.01. The Bertz CT molecular complexity index is 906. The molecule has 2 heterocycles. The number of fused-ring (bicyclic) bond motifs is 1. The van der Waals surface area contributed by atoms with E-state index in [4.69, 9.17) is 0 Å². The van der Waals surface area contributed by atoms with Gasteiger partial charge in [0.25, 0.3) is 5.91 Å². The van der Waals surface area contributed by atoms with Crippen LogP contribution in [0.3, 0.4) is 0 Å². The summed E-state index contributed by atoms with van der Waals surface area (Å²) < 4.78 is 13.8. The predicted octanol–water partition coefficient (Wildman–Crippen LogP) is 2.85. The second-order valence-corrected chi connectivity index (χ2v) is 7.49. The van der Waals surface area contributed by atoms with Gasteiger partial charge >= 0.3 is 0 Å². The highest BCUT2D eigenvalue weighted by Crippen LogP contribution is 2.24. The summed E-state index contributed by atoms with van der Waals surface area (Å²) in [5.41, 5.74) is 2.96. The summed E-state index contributed by atoms with van der Waals surface area (Å²) in [5.74, 6) is -0.499. The molecule has 2 aliphatic heterocycles. The Balaban J connectivity index is 1.39. The van der Waals surface area contributed by atoms with Gasteiger partial charge in [0.05, 0.1) is 6.04 Å². The molecule has 0 aliphatic carbocycles. The predicted molar refractivity (Wildman–Crippen MR) is 106 cm³/mol. The smallest absolute Gasteiger partial charge is 0.254 e. The fourth-order valence-electron chi connectivity index (χ4n) is 3.99. The molecule has 0 aromatic heterocycles. The molecular weight excluding hydrogens is 357 g/mol. The zero-order valence-electron chi connectivity index (χ0n) is 16.0. The van der Waals surface area contributed by atoms with Crippen LogP contribution in [0.4, 0.5) is 10.1 Å². The molecule has 1 unspecified atom stereocenters. The molecule has 4 rings (SSSR count). The highest BCUT2D eigenvalue weighted by Gasteiger charge is 2.32. The van der Waals surface area contributed by atoms with Crippen molar-refractivity contribution in [3.05, 3.63) is 65.0 Å². The zero-order valence-corrected chi connectivity index (χ0v) is 16.0. The molecule has 28 heavy (non-hydrogen) atoms. The first-order valence-corrected chi connectivity index (χ1v) is 9.71. The minimum Gasteiger partial charge on any atom is -0.336 e. The van der Waals surface area contributed by atoms with E-state index < -0.39 is 0 Å². The average Bonchev–Trinajstić information content (AvgIpc) is 2.88. The van der Waals surface area contributed by atoms with Gasteiger partial charge < -0.3 is 10.2 Å². The molecule has 0 spiro atoms. The van der Waals surface area contributed by atoms with E-state index in [1.54, 1.807) is 24.0 Å². The number of anilines is 1. The molecule has 1 atom stereocenters. The van der Waals surface area contributed by atoms with Crippen molar-refractivity contribution >= 4 is 17.5 Å². The third kappa shape index (κ3) is 3.64. The maximum absolute atomic E-state index is 13.8. The molecule has 1 N–H and O–H groups in total. The number of nitrogens with zero attached hydrogens (tertiary/aromatic N) is 2. The van der Waals surface area contributed by atoms with E-state index in [1.807, 2.05) is 18.2 Å². The van der Waals surface area contributed by atoms with Gasteiger partial charge in [-0.1, -0.05) is 24.3 Å². The number of hydrogen-bond donors (Lipinski definition) is 1. The molecule has 2 aromatic carbocycles. The molecule has 1 saturated heterocycles. The van der Waals surface area contributed by atoms with Crippen molar-refractivity contribution in [2.45, 2.75) is 25.8 Å². The van der Waals surface area contributed by atoms with Crippen LogP contribution in [0.25, 0.3) is 0 Å². The molecule has 1 fully saturated rings. The number of hydrogen-bond acceptors (Lipinski definition) is 3. The second kappa shape index (κ2) is 7.72. The third-order valence-electron chi connectivity index (χ3n) is 5.73. The summed E-state index contributed by atoms with van der Waals surface area (Å²) >= 11 is 0. The number of carbonyl (C=O) groups is 2. The van der Waals surface area contributed by atoms with Gasteiger partial charge in [-0.15, -0.1) is 0 Å². The van der Waals surface area contributed by atoms with Crippen LogP contribution in [-0.2, 0) is 11.2 Å². The Hall–Kier alpha value is -2.73. The standard InChI is InChI=1S/C22H24FN3O2/c1-15-6-7-17(14-18(15)23)22(28)26-12-10-25(11-13-26)20-9-8-16-4-2-3-5-19(16)24-21(20)27/h2-7,14,20H,8-13H2,1H3,(H,24,27). The Morgan fingerprint density at radius 2 is 1.86 bits per heavy atom.